The summed E-state index contributed by atoms with van der Waals surface area (Å²) in [5.74, 6) is -0.212. The van der Waals surface area contributed by atoms with Crippen molar-refractivity contribution in [3.05, 3.63) is 76.4 Å². The van der Waals surface area contributed by atoms with E-state index in [9.17, 15) is 14.7 Å². The summed E-state index contributed by atoms with van der Waals surface area (Å²) in [4.78, 5) is 36.0. The van der Waals surface area contributed by atoms with Crippen LogP contribution in [0.5, 0.6) is 0 Å². The first kappa shape index (κ1) is 25.6. The number of aliphatic hydroxyl groups excluding tert-OH is 1. The van der Waals surface area contributed by atoms with E-state index in [0.29, 0.717) is 38.2 Å². The van der Waals surface area contributed by atoms with Crippen LogP contribution in [0.2, 0.25) is 0 Å². The number of carbonyl (C=O) groups is 2. The fraction of sp³-hybridized carbons (Fsp3) is 0.414. The lowest BCUT2D eigenvalue weighted by Gasteiger charge is -2.35. The molecule has 0 bridgehead atoms. The molecule has 0 radical (unpaired) electrons. The van der Waals surface area contributed by atoms with Crippen molar-refractivity contribution in [1.82, 2.24) is 20.1 Å². The summed E-state index contributed by atoms with van der Waals surface area (Å²) >= 11 is 1.64. The molecular formula is C29H34N4O3S. The van der Waals surface area contributed by atoms with E-state index in [2.05, 4.69) is 34.6 Å². The van der Waals surface area contributed by atoms with Gasteiger partial charge in [-0.15, -0.1) is 11.3 Å². The largest absolute Gasteiger partial charge is 0.391 e. The highest BCUT2D eigenvalue weighted by Gasteiger charge is 2.43. The molecule has 3 aromatic rings. The van der Waals surface area contributed by atoms with Crippen molar-refractivity contribution >= 4 is 23.2 Å². The number of β-amino-alcohol motifs (C(OH)–C–C–N with tert-alkyl or cyclic N) is 1. The highest BCUT2D eigenvalue weighted by atomic mass is 32.1. The van der Waals surface area contributed by atoms with Crippen molar-refractivity contribution in [2.24, 2.45) is 5.92 Å². The molecular weight excluding hydrogens is 484 g/mol. The highest BCUT2D eigenvalue weighted by molar-refractivity contribution is 7.13. The minimum atomic E-state index is -0.560. The van der Waals surface area contributed by atoms with Crippen LogP contribution in [0.15, 0.2) is 54.0 Å². The molecule has 3 heterocycles. The summed E-state index contributed by atoms with van der Waals surface area (Å²) in [7, 11) is 0. The monoisotopic (exact) mass is 518 g/mol. The van der Waals surface area contributed by atoms with Gasteiger partial charge in [-0.2, -0.15) is 0 Å². The minimum absolute atomic E-state index is 0.0437. The maximum atomic E-state index is 13.8. The highest BCUT2D eigenvalue weighted by Crippen LogP contribution is 2.30. The predicted molar refractivity (Wildman–Crippen MR) is 145 cm³/mol. The zero-order chi connectivity index (χ0) is 26.1. The molecule has 0 saturated carbocycles. The van der Waals surface area contributed by atoms with Gasteiger partial charge in [0.15, 0.2) is 0 Å². The third kappa shape index (κ3) is 5.19. The second kappa shape index (κ2) is 10.7. The second-order valence-electron chi connectivity index (χ2n) is 10.4. The Morgan fingerprint density at radius 2 is 1.95 bits per heavy atom. The molecule has 37 heavy (non-hydrogen) atoms. The van der Waals surface area contributed by atoms with E-state index in [1.807, 2.05) is 50.5 Å². The first-order valence-corrected chi connectivity index (χ1v) is 13.8. The van der Waals surface area contributed by atoms with Gasteiger partial charge in [-0.1, -0.05) is 56.3 Å². The van der Waals surface area contributed by atoms with Crippen LogP contribution in [0.4, 0.5) is 0 Å². The summed E-state index contributed by atoms with van der Waals surface area (Å²) in [5.41, 5.74) is 6.87. The Morgan fingerprint density at radius 3 is 2.62 bits per heavy atom. The molecule has 1 fully saturated rings. The van der Waals surface area contributed by atoms with Gasteiger partial charge in [0.25, 0.3) is 5.91 Å². The number of benzene rings is 2. The number of fused-ring (bicyclic) bond motifs is 1. The zero-order valence-electron chi connectivity index (χ0n) is 21.6. The lowest BCUT2D eigenvalue weighted by Crippen LogP contribution is -2.54. The van der Waals surface area contributed by atoms with Gasteiger partial charge in [-0.05, 0) is 42.0 Å². The van der Waals surface area contributed by atoms with Crippen molar-refractivity contribution in [2.75, 3.05) is 13.1 Å². The maximum Gasteiger partial charge on any atom is 0.255 e. The van der Waals surface area contributed by atoms with Crippen LogP contribution >= 0.6 is 11.3 Å². The van der Waals surface area contributed by atoms with E-state index in [-0.39, 0.29) is 23.8 Å². The van der Waals surface area contributed by atoms with Gasteiger partial charge >= 0.3 is 0 Å². The van der Waals surface area contributed by atoms with Crippen LogP contribution < -0.4 is 5.32 Å². The molecule has 2 aliphatic rings. The van der Waals surface area contributed by atoms with E-state index in [4.69, 9.17) is 0 Å². The normalized spacial score (nSPS) is 20.1. The molecule has 8 heteroatoms. The molecule has 1 unspecified atom stereocenters. The average Bonchev–Trinajstić information content (AvgIpc) is 3.57. The fourth-order valence-corrected chi connectivity index (χ4v) is 6.35. The summed E-state index contributed by atoms with van der Waals surface area (Å²) < 4.78 is 0. The molecule has 5 rings (SSSR count). The van der Waals surface area contributed by atoms with Gasteiger partial charge in [0.2, 0.25) is 5.91 Å². The van der Waals surface area contributed by atoms with Crippen LogP contribution in [0, 0.1) is 12.8 Å². The van der Waals surface area contributed by atoms with Crippen molar-refractivity contribution in [3.8, 4) is 10.4 Å². The number of nitrogens with one attached hydrogen (secondary N) is 1. The van der Waals surface area contributed by atoms with Crippen molar-refractivity contribution in [1.29, 1.82) is 0 Å². The van der Waals surface area contributed by atoms with E-state index < -0.39 is 12.1 Å². The Kier molecular flexibility index (Phi) is 7.42. The van der Waals surface area contributed by atoms with Gasteiger partial charge < -0.3 is 20.2 Å². The molecule has 7 nitrogen and oxygen atoms in total. The van der Waals surface area contributed by atoms with Crippen molar-refractivity contribution < 1.29 is 14.7 Å². The zero-order valence-corrected chi connectivity index (χ0v) is 22.4. The van der Waals surface area contributed by atoms with Gasteiger partial charge in [0.1, 0.15) is 6.04 Å². The third-order valence-electron chi connectivity index (χ3n) is 7.42. The number of carbonyl (C=O) groups excluding carboxylic acids is 2. The number of aromatic nitrogens is 1. The Bertz CT molecular complexity index is 1270. The Balaban J connectivity index is 1.23. The molecule has 0 aliphatic carbocycles. The van der Waals surface area contributed by atoms with Crippen LogP contribution in [0.3, 0.4) is 0 Å². The predicted octanol–water partition coefficient (Wildman–Crippen LogP) is 3.85. The number of aryl methyl sites for hydroxylation is 1. The molecule has 2 aromatic carbocycles. The number of rotatable bonds is 8. The van der Waals surface area contributed by atoms with Crippen LogP contribution in [0.25, 0.3) is 10.4 Å². The summed E-state index contributed by atoms with van der Waals surface area (Å²) in [6, 6.07) is 15.3. The molecule has 2 aliphatic heterocycles. The number of thiazole rings is 1. The number of hydrogen-bond donors (Lipinski definition) is 2. The van der Waals surface area contributed by atoms with Crippen molar-refractivity contribution in [2.45, 2.75) is 58.5 Å². The summed E-state index contributed by atoms with van der Waals surface area (Å²) in [6.07, 6.45) is -0.0293. The van der Waals surface area contributed by atoms with Crippen LogP contribution in [0.1, 0.15) is 47.4 Å². The van der Waals surface area contributed by atoms with E-state index in [1.54, 1.807) is 21.1 Å². The number of likely N-dealkylation sites (tertiary alicyclic amines) is 1. The summed E-state index contributed by atoms with van der Waals surface area (Å²) in [6.45, 7) is 7.98. The quantitative estimate of drug-likeness (QED) is 0.473. The molecule has 1 saturated heterocycles. The van der Waals surface area contributed by atoms with Gasteiger partial charge in [0, 0.05) is 37.8 Å². The molecule has 3 atom stereocenters. The van der Waals surface area contributed by atoms with E-state index >= 15 is 0 Å². The Labute approximate surface area is 222 Å². The molecule has 1 aromatic heterocycles. The molecule has 194 valence electrons. The van der Waals surface area contributed by atoms with Crippen LogP contribution in [-0.4, -0.2) is 63.0 Å². The topological polar surface area (TPSA) is 85.8 Å². The third-order valence-corrected chi connectivity index (χ3v) is 8.39. The lowest BCUT2D eigenvalue weighted by molar-refractivity contribution is -0.139. The smallest absolute Gasteiger partial charge is 0.255 e. The summed E-state index contributed by atoms with van der Waals surface area (Å²) in [5, 5.41) is 13.9. The molecule has 2 amide bonds. The van der Waals surface area contributed by atoms with Crippen molar-refractivity contribution in [3.63, 3.8) is 0 Å². The first-order valence-electron chi connectivity index (χ1n) is 12.9. The Morgan fingerprint density at radius 1 is 1.19 bits per heavy atom. The second-order valence-corrected chi connectivity index (χ2v) is 11.3. The van der Waals surface area contributed by atoms with Gasteiger partial charge in [-0.25, -0.2) is 4.98 Å². The molecule has 2 N–H and O–H groups in total. The maximum absolute atomic E-state index is 13.8. The number of nitrogens with zero attached hydrogens (tertiary/aromatic N) is 3. The lowest BCUT2D eigenvalue weighted by atomic mass is 10.0. The van der Waals surface area contributed by atoms with Gasteiger partial charge in [0.05, 0.1) is 22.2 Å². The SMILES string of the molecule is Cc1ncsc1-c1ccc(CNCC2C[C@@H](O)CN2C(=O)[C@H](C(C)C)N2Cc3ccccc3C2=O)cc1. The number of aliphatic hydroxyl groups is 1. The number of amides is 2. The first-order chi connectivity index (χ1) is 17.8. The fourth-order valence-electron chi connectivity index (χ4n) is 5.54. The van der Waals surface area contributed by atoms with E-state index in [1.165, 1.54) is 4.88 Å². The standard InChI is InChI=1S/C29H34N4O3S/c1-18(2)26(33-15-22-6-4-5-7-25(22)28(33)35)29(36)32-16-24(34)12-23(32)14-30-13-20-8-10-21(11-9-20)27-19(3)31-17-37-27/h4-11,17-18,23-24,26,30,34H,12-16H2,1-3H3/t23?,24-,26+/m1/s1. The Hall–Kier alpha value is -3.07. The van der Waals surface area contributed by atoms with E-state index in [0.717, 1.165) is 22.4 Å². The van der Waals surface area contributed by atoms with Crippen LogP contribution in [-0.2, 0) is 17.9 Å². The molecule has 0 spiro atoms. The number of hydrogen-bond acceptors (Lipinski definition) is 6. The van der Waals surface area contributed by atoms with Gasteiger partial charge in [-0.3, -0.25) is 9.59 Å². The average molecular weight is 519 g/mol. The minimum Gasteiger partial charge on any atom is -0.391 e.